The smallest absolute Gasteiger partial charge is 0.162 e. The first-order valence-corrected chi connectivity index (χ1v) is 5.45. The van der Waals surface area contributed by atoms with Crippen LogP contribution in [0.3, 0.4) is 0 Å². The van der Waals surface area contributed by atoms with E-state index in [9.17, 15) is 0 Å². The number of anilines is 1. The fourth-order valence-corrected chi connectivity index (χ4v) is 2.67. The fourth-order valence-electron chi connectivity index (χ4n) is 1.29. The molecule has 0 amide bonds. The van der Waals surface area contributed by atoms with Gasteiger partial charge in [0.05, 0.1) is 0 Å². The van der Waals surface area contributed by atoms with Crippen LogP contribution in [0, 0.1) is 6.67 Å². The Labute approximate surface area is 86.6 Å². The fraction of sp³-hybridized carbons (Fsp3) is 0.333. The van der Waals surface area contributed by atoms with Gasteiger partial charge < -0.3 is 5.32 Å². The monoisotopic (exact) mass is 213 g/mol. The third-order valence-electron chi connectivity index (χ3n) is 1.88. The van der Waals surface area contributed by atoms with Crippen LogP contribution in [0.2, 0.25) is 0 Å². The van der Waals surface area contributed by atoms with Crippen LogP contribution in [0.5, 0.6) is 0 Å². The van der Waals surface area contributed by atoms with E-state index >= 15 is 0 Å². The molecule has 1 aromatic heterocycles. The number of hydrogen-bond acceptors (Lipinski definition) is 3. The Kier molecular flexibility index (Phi) is 2.56. The topological polar surface area (TPSA) is 24.4 Å². The lowest BCUT2D eigenvalue weighted by molar-refractivity contribution is 0.940. The number of fused-ring (bicyclic) bond motifs is 1. The molecule has 2 nitrogen and oxygen atoms in total. The third kappa shape index (κ3) is 1.71. The molecule has 0 spiro atoms. The van der Waals surface area contributed by atoms with E-state index in [1.165, 1.54) is 4.88 Å². The van der Waals surface area contributed by atoms with Crippen LogP contribution in [0.15, 0.2) is 11.1 Å². The van der Waals surface area contributed by atoms with Crippen molar-refractivity contribution in [3.8, 4) is 0 Å². The van der Waals surface area contributed by atoms with Crippen LogP contribution < -0.4 is 5.32 Å². The van der Waals surface area contributed by atoms with Crippen molar-refractivity contribution in [2.75, 3.05) is 5.32 Å². The molecule has 13 heavy (non-hydrogen) atoms. The van der Waals surface area contributed by atoms with Gasteiger partial charge in [-0.1, -0.05) is 24.9 Å². The Morgan fingerprint density at radius 3 is 3.15 bits per heavy atom. The molecule has 1 aromatic rings. The Hall–Kier alpha value is -0.540. The van der Waals surface area contributed by atoms with Crippen LogP contribution in [0.25, 0.3) is 0 Å². The van der Waals surface area contributed by atoms with Crippen LogP contribution in [0.4, 0.5) is 5.00 Å². The molecule has 0 atom stereocenters. The standard InChI is InChI=1S/C9H10ClN2S/c1-2-3-6-4-7-8(10)11-5-12-9(7)13-6/h4-5,12H,2-3H2,1H3. The zero-order chi connectivity index (χ0) is 9.26. The highest BCUT2D eigenvalue weighted by atomic mass is 35.5. The molecule has 0 unspecified atom stereocenters. The zero-order valence-corrected chi connectivity index (χ0v) is 8.87. The first kappa shape index (κ1) is 9.03. The molecule has 0 aromatic carbocycles. The maximum atomic E-state index is 5.95. The highest BCUT2D eigenvalue weighted by Crippen LogP contribution is 2.33. The second-order valence-corrected chi connectivity index (χ2v) is 4.39. The molecule has 0 saturated carbocycles. The molecule has 4 heteroatoms. The minimum atomic E-state index is 0.590. The van der Waals surface area contributed by atoms with E-state index in [1.807, 2.05) is 0 Å². The van der Waals surface area contributed by atoms with Gasteiger partial charge >= 0.3 is 0 Å². The number of halogens is 1. The molecule has 1 N–H and O–H groups in total. The number of hydrogen-bond donors (Lipinski definition) is 1. The summed E-state index contributed by atoms with van der Waals surface area (Å²) in [6.45, 7) is 3.81. The summed E-state index contributed by atoms with van der Waals surface area (Å²) in [6, 6.07) is 2.12. The highest BCUT2D eigenvalue weighted by Gasteiger charge is 2.15. The number of rotatable bonds is 2. The van der Waals surface area contributed by atoms with Crippen LogP contribution >= 0.6 is 22.9 Å². The summed E-state index contributed by atoms with van der Waals surface area (Å²) in [4.78, 5) is 5.36. The van der Waals surface area contributed by atoms with Gasteiger partial charge in [-0.2, -0.15) is 0 Å². The lowest BCUT2D eigenvalue weighted by Crippen LogP contribution is -2.03. The summed E-state index contributed by atoms with van der Waals surface area (Å²) in [7, 11) is 0. The van der Waals surface area contributed by atoms with Gasteiger partial charge in [0.2, 0.25) is 0 Å². The summed E-state index contributed by atoms with van der Waals surface area (Å²) in [5.74, 6) is 0. The number of nitrogens with one attached hydrogen (secondary N) is 1. The van der Waals surface area contributed by atoms with E-state index in [-0.39, 0.29) is 0 Å². The van der Waals surface area contributed by atoms with Crippen LogP contribution in [-0.2, 0) is 6.42 Å². The van der Waals surface area contributed by atoms with Crippen LogP contribution in [-0.4, -0.2) is 5.17 Å². The highest BCUT2D eigenvalue weighted by molar-refractivity contribution is 7.16. The van der Waals surface area contributed by atoms with E-state index in [0.29, 0.717) is 5.17 Å². The Morgan fingerprint density at radius 2 is 2.46 bits per heavy atom. The molecule has 0 fully saturated rings. The molecule has 0 saturated heterocycles. The molecular weight excluding hydrogens is 204 g/mol. The van der Waals surface area contributed by atoms with Gasteiger partial charge in [-0.05, 0) is 12.5 Å². The zero-order valence-electron chi connectivity index (χ0n) is 7.30. The molecule has 2 rings (SSSR count). The largest absolute Gasteiger partial charge is 0.352 e. The summed E-state index contributed by atoms with van der Waals surface area (Å²) in [6.07, 6.45) is 2.28. The van der Waals surface area contributed by atoms with Crippen molar-refractivity contribution in [2.45, 2.75) is 19.8 Å². The molecule has 0 aliphatic carbocycles. The Bertz CT molecular complexity index is 343. The second-order valence-electron chi connectivity index (χ2n) is 2.90. The number of nitrogens with zero attached hydrogens (tertiary/aromatic N) is 1. The Balaban J connectivity index is 2.33. The number of aryl methyl sites for hydroxylation is 1. The summed E-state index contributed by atoms with van der Waals surface area (Å²) >= 11 is 7.70. The quantitative estimate of drug-likeness (QED) is 0.802. The van der Waals surface area contributed by atoms with Gasteiger partial charge in [-0.3, -0.25) is 0 Å². The van der Waals surface area contributed by atoms with Crippen LogP contribution in [0.1, 0.15) is 23.8 Å². The van der Waals surface area contributed by atoms with Crippen molar-refractivity contribution >= 4 is 33.1 Å². The molecule has 0 bridgehead atoms. The van der Waals surface area contributed by atoms with Gasteiger partial charge in [0, 0.05) is 10.4 Å². The lowest BCUT2D eigenvalue weighted by atomic mass is 10.2. The van der Waals surface area contributed by atoms with Gasteiger partial charge in [0.15, 0.2) is 6.67 Å². The van der Waals surface area contributed by atoms with Gasteiger partial charge in [0.1, 0.15) is 10.2 Å². The van der Waals surface area contributed by atoms with E-state index < -0.39 is 0 Å². The van der Waals surface area contributed by atoms with Gasteiger partial charge in [-0.25, -0.2) is 4.99 Å². The lowest BCUT2D eigenvalue weighted by Gasteiger charge is -2.07. The Morgan fingerprint density at radius 1 is 1.62 bits per heavy atom. The second kappa shape index (κ2) is 3.68. The van der Waals surface area contributed by atoms with E-state index in [2.05, 4.69) is 23.3 Å². The number of thiophene rings is 1. The first-order chi connectivity index (χ1) is 6.31. The van der Waals surface area contributed by atoms with Crippen molar-refractivity contribution in [3.05, 3.63) is 23.2 Å². The van der Waals surface area contributed by atoms with Crippen molar-refractivity contribution in [1.82, 2.24) is 0 Å². The summed E-state index contributed by atoms with van der Waals surface area (Å²) in [5.41, 5.74) is 1.04. The van der Waals surface area contributed by atoms with Gasteiger partial charge in [0.25, 0.3) is 0 Å². The first-order valence-electron chi connectivity index (χ1n) is 4.26. The number of aliphatic imine (C=N–C) groups is 1. The minimum absolute atomic E-state index is 0.590. The van der Waals surface area contributed by atoms with E-state index in [0.717, 1.165) is 23.4 Å². The average Bonchev–Trinajstić information content (AvgIpc) is 2.49. The van der Waals surface area contributed by atoms with Crippen molar-refractivity contribution in [2.24, 2.45) is 4.99 Å². The molecule has 1 radical (unpaired) electrons. The molecule has 2 heterocycles. The van der Waals surface area contributed by atoms with E-state index in [4.69, 9.17) is 11.6 Å². The maximum absolute atomic E-state index is 5.95. The van der Waals surface area contributed by atoms with Gasteiger partial charge in [-0.15, -0.1) is 11.3 Å². The average molecular weight is 214 g/mol. The van der Waals surface area contributed by atoms with Crippen molar-refractivity contribution in [1.29, 1.82) is 0 Å². The normalized spacial score (nSPS) is 14.8. The molecule has 1 aliphatic heterocycles. The third-order valence-corrected chi connectivity index (χ3v) is 3.30. The van der Waals surface area contributed by atoms with Crippen molar-refractivity contribution in [3.63, 3.8) is 0 Å². The molecular formula is C9H10ClN2S. The molecule has 69 valence electrons. The van der Waals surface area contributed by atoms with E-state index in [1.54, 1.807) is 18.0 Å². The SMILES string of the molecule is CCCc1cc2c(s1)N[CH]N=C2Cl. The predicted molar refractivity (Wildman–Crippen MR) is 58.6 cm³/mol. The molecule has 1 aliphatic rings. The summed E-state index contributed by atoms with van der Waals surface area (Å²) < 4.78 is 0. The minimum Gasteiger partial charge on any atom is -0.352 e. The summed E-state index contributed by atoms with van der Waals surface area (Å²) in [5, 5.41) is 4.80. The predicted octanol–water partition coefficient (Wildman–Crippen LogP) is 3.23. The maximum Gasteiger partial charge on any atom is 0.162 e. The van der Waals surface area contributed by atoms with Crippen molar-refractivity contribution < 1.29 is 0 Å².